The van der Waals surface area contributed by atoms with Crippen LogP contribution in [-0.4, -0.2) is 29.1 Å². The second-order valence-corrected chi connectivity index (χ2v) is 4.39. The number of ketones is 1. The highest BCUT2D eigenvalue weighted by atomic mass is 16.5. The number of aliphatic hydroxyl groups excluding tert-OH is 1. The molecule has 0 heterocycles. The molecule has 0 aliphatic carbocycles. The van der Waals surface area contributed by atoms with E-state index in [4.69, 9.17) is 4.74 Å². The maximum Gasteiger partial charge on any atom is 0.313 e. The van der Waals surface area contributed by atoms with Crippen LogP contribution in [0.5, 0.6) is 0 Å². The van der Waals surface area contributed by atoms with Crippen LogP contribution in [0.2, 0.25) is 0 Å². The molecule has 0 saturated heterocycles. The molecule has 0 radical (unpaired) electrons. The van der Waals surface area contributed by atoms with Gasteiger partial charge in [0.15, 0.2) is 0 Å². The Bertz CT molecular complexity index is 238. The number of carbonyl (C=O) groups excluding carboxylic acids is 2. The summed E-state index contributed by atoms with van der Waals surface area (Å²) in [7, 11) is 0. The van der Waals surface area contributed by atoms with Crippen molar-refractivity contribution >= 4 is 11.8 Å². The van der Waals surface area contributed by atoms with Crippen molar-refractivity contribution in [2.24, 2.45) is 0 Å². The summed E-state index contributed by atoms with van der Waals surface area (Å²) in [6, 6.07) is 0. The summed E-state index contributed by atoms with van der Waals surface area (Å²) in [6.07, 6.45) is 3.27. The molecule has 0 aromatic rings. The van der Waals surface area contributed by atoms with Crippen molar-refractivity contribution in [3.05, 3.63) is 0 Å². The van der Waals surface area contributed by atoms with Gasteiger partial charge in [-0.3, -0.25) is 9.59 Å². The zero-order valence-corrected chi connectivity index (χ0v) is 11.1. The predicted octanol–water partition coefficient (Wildman–Crippen LogP) is 2.23. The average Bonchev–Trinajstić information content (AvgIpc) is 2.26. The first kappa shape index (κ1) is 16.1. The predicted molar refractivity (Wildman–Crippen MR) is 65.6 cm³/mol. The fourth-order valence-corrected chi connectivity index (χ4v) is 1.56. The summed E-state index contributed by atoms with van der Waals surface area (Å²) >= 11 is 0. The van der Waals surface area contributed by atoms with Gasteiger partial charge in [-0.25, -0.2) is 0 Å². The van der Waals surface area contributed by atoms with Crippen molar-refractivity contribution in [1.82, 2.24) is 0 Å². The Balaban J connectivity index is 3.83. The Hall–Kier alpha value is -0.900. The van der Waals surface area contributed by atoms with Gasteiger partial charge in [0.1, 0.15) is 18.3 Å². The van der Waals surface area contributed by atoms with E-state index in [1.54, 1.807) is 0 Å². The Labute approximate surface area is 103 Å². The largest absolute Gasteiger partial charge is 0.462 e. The van der Waals surface area contributed by atoms with Gasteiger partial charge in [0.25, 0.3) is 0 Å². The molecule has 4 heteroatoms. The molecular formula is C13H24O4. The monoisotopic (exact) mass is 244 g/mol. The molecule has 0 saturated carbocycles. The topological polar surface area (TPSA) is 63.6 Å². The molecule has 100 valence electrons. The van der Waals surface area contributed by atoms with Crippen LogP contribution in [0.1, 0.15) is 59.3 Å². The third-order valence-corrected chi connectivity index (χ3v) is 2.68. The van der Waals surface area contributed by atoms with Gasteiger partial charge in [-0.2, -0.15) is 0 Å². The third kappa shape index (κ3) is 8.86. The van der Waals surface area contributed by atoms with Gasteiger partial charge in [0, 0.05) is 0 Å². The number of rotatable bonds is 9. The third-order valence-electron chi connectivity index (χ3n) is 2.68. The number of esters is 1. The zero-order valence-electron chi connectivity index (χ0n) is 11.1. The second kappa shape index (κ2) is 9.16. The molecule has 2 atom stereocenters. The number of aliphatic hydroxyl groups is 1. The lowest BCUT2D eigenvalue weighted by molar-refractivity contribution is -0.151. The minimum absolute atomic E-state index is 0.133. The van der Waals surface area contributed by atoms with Crippen molar-refractivity contribution < 1.29 is 19.4 Å². The van der Waals surface area contributed by atoms with E-state index in [9.17, 15) is 14.7 Å². The molecule has 0 aliphatic rings. The highest BCUT2D eigenvalue weighted by molar-refractivity contribution is 5.94. The van der Waals surface area contributed by atoms with E-state index in [0.717, 1.165) is 32.1 Å². The van der Waals surface area contributed by atoms with Crippen molar-refractivity contribution in [3.8, 4) is 0 Å². The fourth-order valence-electron chi connectivity index (χ4n) is 1.56. The molecule has 0 amide bonds. The second-order valence-electron chi connectivity index (χ2n) is 4.39. The normalized spacial score (nSPS) is 14.1. The molecular weight excluding hydrogens is 220 g/mol. The van der Waals surface area contributed by atoms with Crippen molar-refractivity contribution in [2.75, 3.05) is 0 Å². The molecule has 0 aromatic heterocycles. The van der Waals surface area contributed by atoms with Gasteiger partial charge < -0.3 is 9.84 Å². The molecule has 0 aliphatic heterocycles. The van der Waals surface area contributed by atoms with Crippen LogP contribution in [0.25, 0.3) is 0 Å². The molecule has 17 heavy (non-hydrogen) atoms. The van der Waals surface area contributed by atoms with Crippen molar-refractivity contribution in [3.63, 3.8) is 0 Å². The Kier molecular flexibility index (Phi) is 8.68. The van der Waals surface area contributed by atoms with E-state index in [1.165, 1.54) is 6.92 Å². The summed E-state index contributed by atoms with van der Waals surface area (Å²) in [4.78, 5) is 22.0. The first-order valence-corrected chi connectivity index (χ1v) is 6.36. The summed E-state index contributed by atoms with van der Waals surface area (Å²) in [6.45, 7) is 5.26. The van der Waals surface area contributed by atoms with Gasteiger partial charge in [-0.05, 0) is 39.0 Å². The van der Waals surface area contributed by atoms with Gasteiger partial charge in [0.2, 0.25) is 0 Å². The molecule has 0 aromatic carbocycles. The number of carbonyl (C=O) groups is 2. The van der Waals surface area contributed by atoms with Crippen LogP contribution in [-0.2, 0) is 14.3 Å². The molecule has 0 spiro atoms. The standard InChI is InChI=1S/C13H24O4/c1-4-11(15)7-6-8-12(5-2)17-13(16)9-10(3)14/h11-12,15H,4-9H2,1-3H3. The van der Waals surface area contributed by atoms with Gasteiger partial charge in [-0.15, -0.1) is 0 Å². The van der Waals surface area contributed by atoms with Gasteiger partial charge >= 0.3 is 5.97 Å². The number of Topliss-reactive ketones (excluding diaryl/α,β-unsaturated/α-hetero) is 1. The van der Waals surface area contributed by atoms with Crippen LogP contribution in [0.15, 0.2) is 0 Å². The highest BCUT2D eigenvalue weighted by Crippen LogP contribution is 2.12. The smallest absolute Gasteiger partial charge is 0.313 e. The van der Waals surface area contributed by atoms with E-state index in [0.29, 0.717) is 0 Å². The van der Waals surface area contributed by atoms with Crippen molar-refractivity contribution in [1.29, 1.82) is 0 Å². The number of ether oxygens (including phenoxy) is 1. The van der Waals surface area contributed by atoms with Gasteiger partial charge in [0.05, 0.1) is 6.10 Å². The van der Waals surface area contributed by atoms with Crippen LogP contribution < -0.4 is 0 Å². The molecule has 0 fully saturated rings. The first-order chi connectivity index (χ1) is 7.99. The van der Waals surface area contributed by atoms with E-state index in [1.807, 2.05) is 13.8 Å². The maximum absolute atomic E-state index is 11.3. The molecule has 0 bridgehead atoms. The molecule has 0 rings (SSSR count). The summed E-state index contributed by atoms with van der Waals surface area (Å²) in [5, 5.41) is 9.39. The lowest BCUT2D eigenvalue weighted by atomic mass is 10.1. The maximum atomic E-state index is 11.3. The first-order valence-electron chi connectivity index (χ1n) is 6.36. The SMILES string of the molecule is CCC(O)CCCC(CC)OC(=O)CC(C)=O. The quantitative estimate of drug-likeness (QED) is 0.499. The molecule has 1 N–H and O–H groups in total. The minimum atomic E-state index is -0.444. The zero-order chi connectivity index (χ0) is 13.3. The van der Waals surface area contributed by atoms with E-state index in [2.05, 4.69) is 0 Å². The number of hydrogen-bond donors (Lipinski definition) is 1. The molecule has 2 unspecified atom stereocenters. The number of hydrogen-bond acceptors (Lipinski definition) is 4. The van der Waals surface area contributed by atoms with Crippen molar-refractivity contribution in [2.45, 2.75) is 71.5 Å². The summed E-state index contributed by atoms with van der Waals surface area (Å²) < 4.78 is 5.18. The van der Waals surface area contributed by atoms with Crippen LogP contribution in [0.4, 0.5) is 0 Å². The van der Waals surface area contributed by atoms with E-state index in [-0.39, 0.29) is 24.4 Å². The van der Waals surface area contributed by atoms with E-state index >= 15 is 0 Å². The Morgan fingerprint density at radius 1 is 1.18 bits per heavy atom. The van der Waals surface area contributed by atoms with Crippen LogP contribution in [0, 0.1) is 0 Å². The molecule has 4 nitrogen and oxygen atoms in total. The lowest BCUT2D eigenvalue weighted by Gasteiger charge is -2.16. The Morgan fingerprint density at radius 3 is 2.29 bits per heavy atom. The average molecular weight is 244 g/mol. The van der Waals surface area contributed by atoms with E-state index < -0.39 is 5.97 Å². The highest BCUT2D eigenvalue weighted by Gasteiger charge is 2.14. The van der Waals surface area contributed by atoms with Crippen LogP contribution in [0.3, 0.4) is 0 Å². The summed E-state index contributed by atoms with van der Waals surface area (Å²) in [5.74, 6) is -0.619. The van der Waals surface area contributed by atoms with Crippen LogP contribution >= 0.6 is 0 Å². The van der Waals surface area contributed by atoms with Gasteiger partial charge in [-0.1, -0.05) is 13.8 Å². The fraction of sp³-hybridized carbons (Fsp3) is 0.846. The summed E-state index contributed by atoms with van der Waals surface area (Å²) in [5.41, 5.74) is 0. The lowest BCUT2D eigenvalue weighted by Crippen LogP contribution is -2.19. The Morgan fingerprint density at radius 2 is 1.82 bits per heavy atom. The minimum Gasteiger partial charge on any atom is -0.462 e.